The Labute approximate surface area is 131 Å². The Morgan fingerprint density at radius 1 is 1.27 bits per heavy atom. The Morgan fingerprint density at radius 2 is 2.05 bits per heavy atom. The number of fused-ring (bicyclic) bond motifs is 1. The fraction of sp³-hybridized carbons (Fsp3) is 0.200. The summed E-state index contributed by atoms with van der Waals surface area (Å²) in [4.78, 5) is 33.4. The maximum absolute atomic E-state index is 12.6. The molecule has 1 aromatic carbocycles. The highest BCUT2D eigenvalue weighted by Crippen LogP contribution is 2.22. The molecule has 2 aromatic rings. The highest BCUT2D eigenvalue weighted by Gasteiger charge is 2.25. The zero-order chi connectivity index (χ0) is 15.7. The van der Waals surface area contributed by atoms with Crippen molar-refractivity contribution in [1.82, 2.24) is 14.9 Å². The molecule has 0 saturated carbocycles. The Kier molecular flexibility index (Phi) is 3.77. The van der Waals surface area contributed by atoms with Gasteiger partial charge >= 0.3 is 0 Å². The molecule has 22 heavy (non-hydrogen) atoms. The lowest BCUT2D eigenvalue weighted by Crippen LogP contribution is -2.37. The lowest BCUT2D eigenvalue weighted by Gasteiger charge is -2.28. The Hall–Kier alpha value is -2.47. The van der Waals surface area contributed by atoms with E-state index >= 15 is 0 Å². The average Bonchev–Trinajstić information content (AvgIpc) is 2.53. The first-order valence-corrected chi connectivity index (χ1v) is 7.12. The van der Waals surface area contributed by atoms with Gasteiger partial charge in [-0.2, -0.15) is 0 Å². The van der Waals surface area contributed by atoms with Gasteiger partial charge in [0.25, 0.3) is 11.8 Å². The second-order valence-corrected chi connectivity index (χ2v) is 5.39. The molecule has 2 N–H and O–H groups in total. The van der Waals surface area contributed by atoms with Crippen LogP contribution in [0.25, 0.3) is 0 Å². The zero-order valence-electron chi connectivity index (χ0n) is 11.6. The number of amides is 2. The first-order valence-electron chi connectivity index (χ1n) is 6.74. The maximum Gasteiger partial charge on any atom is 0.286 e. The summed E-state index contributed by atoms with van der Waals surface area (Å²) in [6.45, 7) is 0.860. The standard InChI is InChI=1S/C15H13ClN4O2/c16-11-4-2-1-3-10(11)15(22)20-6-5-9-7-18-14(13(17)21)19-12(9)8-20/h1-4,7H,5-6,8H2,(H2,17,21). The van der Waals surface area contributed by atoms with Gasteiger partial charge < -0.3 is 10.6 Å². The third kappa shape index (κ3) is 2.65. The summed E-state index contributed by atoms with van der Waals surface area (Å²) in [6, 6.07) is 6.91. The van der Waals surface area contributed by atoms with Crippen molar-refractivity contribution >= 4 is 23.4 Å². The lowest BCUT2D eigenvalue weighted by molar-refractivity contribution is 0.0732. The van der Waals surface area contributed by atoms with Crippen LogP contribution in [0.1, 0.15) is 32.2 Å². The number of aromatic nitrogens is 2. The Morgan fingerprint density at radius 3 is 2.77 bits per heavy atom. The molecule has 2 heterocycles. The molecule has 0 saturated heterocycles. The molecular formula is C15H13ClN4O2. The lowest BCUT2D eigenvalue weighted by atomic mass is 10.1. The third-order valence-electron chi connectivity index (χ3n) is 3.56. The van der Waals surface area contributed by atoms with Crippen LogP contribution in [0.4, 0.5) is 0 Å². The summed E-state index contributed by atoms with van der Waals surface area (Å²) in [5.41, 5.74) is 7.22. The molecule has 0 atom stereocenters. The van der Waals surface area contributed by atoms with Gasteiger partial charge in [0.2, 0.25) is 5.82 Å². The van der Waals surface area contributed by atoms with E-state index in [1.165, 1.54) is 0 Å². The summed E-state index contributed by atoms with van der Waals surface area (Å²) in [7, 11) is 0. The molecule has 0 radical (unpaired) electrons. The highest BCUT2D eigenvalue weighted by molar-refractivity contribution is 6.33. The molecule has 6 nitrogen and oxygen atoms in total. The van der Waals surface area contributed by atoms with Crippen molar-refractivity contribution in [3.05, 3.63) is 58.1 Å². The normalized spacial score (nSPS) is 13.6. The SMILES string of the molecule is NC(=O)c1ncc2c(n1)CN(C(=O)c1ccccc1Cl)CC2. The number of halogens is 1. The van der Waals surface area contributed by atoms with E-state index in [1.54, 1.807) is 35.4 Å². The predicted molar refractivity (Wildman–Crippen MR) is 80.4 cm³/mol. The van der Waals surface area contributed by atoms with Crippen LogP contribution < -0.4 is 5.73 Å². The molecule has 7 heteroatoms. The molecule has 3 rings (SSSR count). The quantitative estimate of drug-likeness (QED) is 0.907. The molecule has 112 valence electrons. The van der Waals surface area contributed by atoms with E-state index in [4.69, 9.17) is 17.3 Å². The van der Waals surface area contributed by atoms with E-state index in [1.807, 2.05) is 0 Å². The largest absolute Gasteiger partial charge is 0.363 e. The van der Waals surface area contributed by atoms with Crippen LogP contribution in [0.5, 0.6) is 0 Å². The van der Waals surface area contributed by atoms with E-state index in [0.717, 1.165) is 5.56 Å². The number of nitrogens with zero attached hydrogens (tertiary/aromatic N) is 3. The van der Waals surface area contributed by atoms with E-state index < -0.39 is 5.91 Å². The number of carbonyl (C=O) groups excluding carboxylic acids is 2. The monoisotopic (exact) mass is 316 g/mol. The van der Waals surface area contributed by atoms with E-state index in [2.05, 4.69) is 9.97 Å². The molecule has 0 spiro atoms. The summed E-state index contributed by atoms with van der Waals surface area (Å²) >= 11 is 6.07. The van der Waals surface area contributed by atoms with Gasteiger partial charge in [0.15, 0.2) is 0 Å². The Bertz CT molecular complexity index is 763. The predicted octanol–water partition coefficient (Wildman–Crippen LogP) is 1.43. The number of benzene rings is 1. The maximum atomic E-state index is 12.6. The number of primary amides is 1. The van der Waals surface area contributed by atoms with Gasteiger partial charge in [-0.05, 0) is 24.1 Å². The van der Waals surface area contributed by atoms with Crippen LogP contribution in [-0.2, 0) is 13.0 Å². The van der Waals surface area contributed by atoms with Crippen LogP contribution in [-0.4, -0.2) is 33.2 Å². The van der Waals surface area contributed by atoms with Crippen LogP contribution in [0, 0.1) is 0 Å². The van der Waals surface area contributed by atoms with Gasteiger partial charge in [0.1, 0.15) is 0 Å². The Balaban J connectivity index is 1.87. The number of nitrogens with two attached hydrogens (primary N) is 1. The molecule has 2 amide bonds. The molecule has 1 aliphatic rings. The van der Waals surface area contributed by atoms with Gasteiger partial charge in [-0.3, -0.25) is 9.59 Å². The molecule has 1 aliphatic heterocycles. The van der Waals surface area contributed by atoms with Crippen molar-refractivity contribution in [2.45, 2.75) is 13.0 Å². The first kappa shape index (κ1) is 14.5. The molecule has 0 unspecified atom stereocenters. The second kappa shape index (κ2) is 5.73. The van der Waals surface area contributed by atoms with Gasteiger partial charge in [0.05, 0.1) is 22.8 Å². The van der Waals surface area contributed by atoms with Crippen LogP contribution in [0.2, 0.25) is 5.02 Å². The van der Waals surface area contributed by atoms with Crippen molar-refractivity contribution in [3.63, 3.8) is 0 Å². The van der Waals surface area contributed by atoms with E-state index in [0.29, 0.717) is 35.8 Å². The van der Waals surface area contributed by atoms with Crippen LogP contribution >= 0.6 is 11.6 Å². The number of hydrogen-bond donors (Lipinski definition) is 1. The van der Waals surface area contributed by atoms with Crippen LogP contribution in [0.15, 0.2) is 30.5 Å². The molecule has 0 aliphatic carbocycles. The summed E-state index contributed by atoms with van der Waals surface area (Å²) in [5.74, 6) is -0.876. The summed E-state index contributed by atoms with van der Waals surface area (Å²) in [5, 5.41) is 0.416. The fourth-order valence-electron chi connectivity index (χ4n) is 2.40. The van der Waals surface area contributed by atoms with Crippen LogP contribution in [0.3, 0.4) is 0 Å². The van der Waals surface area contributed by atoms with Gasteiger partial charge in [-0.25, -0.2) is 9.97 Å². The molecule has 0 fully saturated rings. The van der Waals surface area contributed by atoms with Crippen molar-refractivity contribution < 1.29 is 9.59 Å². The van der Waals surface area contributed by atoms with E-state index in [-0.39, 0.29) is 11.7 Å². The van der Waals surface area contributed by atoms with Gasteiger partial charge in [0, 0.05) is 12.7 Å². The zero-order valence-corrected chi connectivity index (χ0v) is 12.4. The first-order chi connectivity index (χ1) is 10.6. The summed E-state index contributed by atoms with van der Waals surface area (Å²) in [6.07, 6.45) is 2.23. The van der Waals surface area contributed by atoms with Crippen molar-refractivity contribution in [2.24, 2.45) is 5.73 Å². The van der Waals surface area contributed by atoms with Crippen molar-refractivity contribution in [1.29, 1.82) is 0 Å². The van der Waals surface area contributed by atoms with Crippen molar-refractivity contribution in [2.75, 3.05) is 6.54 Å². The minimum Gasteiger partial charge on any atom is -0.363 e. The number of rotatable bonds is 2. The van der Waals surface area contributed by atoms with Gasteiger partial charge in [-0.15, -0.1) is 0 Å². The topological polar surface area (TPSA) is 89.2 Å². The smallest absolute Gasteiger partial charge is 0.286 e. The fourth-order valence-corrected chi connectivity index (χ4v) is 2.62. The third-order valence-corrected chi connectivity index (χ3v) is 3.89. The minimum absolute atomic E-state index is 0.0363. The van der Waals surface area contributed by atoms with E-state index in [9.17, 15) is 9.59 Å². The summed E-state index contributed by atoms with van der Waals surface area (Å²) < 4.78 is 0. The highest BCUT2D eigenvalue weighted by atomic mass is 35.5. The number of hydrogen-bond acceptors (Lipinski definition) is 4. The molecule has 1 aromatic heterocycles. The average molecular weight is 317 g/mol. The minimum atomic E-state index is -0.683. The number of carbonyl (C=O) groups is 2. The molecule has 0 bridgehead atoms. The molecular weight excluding hydrogens is 304 g/mol. The van der Waals surface area contributed by atoms with Gasteiger partial charge in [-0.1, -0.05) is 23.7 Å². The second-order valence-electron chi connectivity index (χ2n) is 4.99. The van der Waals surface area contributed by atoms with Crippen molar-refractivity contribution in [3.8, 4) is 0 Å².